The number of hydrogen-bond donors (Lipinski definition) is 0. The van der Waals surface area contributed by atoms with Crippen LogP contribution in [0.5, 0.6) is 5.75 Å². The highest BCUT2D eigenvalue weighted by Gasteiger charge is 2.33. The van der Waals surface area contributed by atoms with E-state index in [0.717, 1.165) is 48.6 Å². The number of carbonyl (C=O) groups excluding carboxylic acids is 1. The Morgan fingerprint density at radius 3 is 2.49 bits per heavy atom. The number of amides is 1. The Balaban J connectivity index is 1.68. The van der Waals surface area contributed by atoms with Crippen LogP contribution in [-0.2, 0) is 17.8 Å². The zero-order valence-electron chi connectivity index (χ0n) is 20.2. The van der Waals surface area contributed by atoms with Crippen molar-refractivity contribution < 1.29 is 9.53 Å². The Labute approximate surface area is 215 Å². The fraction of sp³-hybridized carbons (Fsp3) is 0.385. The van der Waals surface area contributed by atoms with Gasteiger partial charge in [-0.1, -0.05) is 36.1 Å². The van der Waals surface area contributed by atoms with Crippen molar-refractivity contribution in [2.24, 2.45) is 0 Å². The van der Waals surface area contributed by atoms with Crippen molar-refractivity contribution in [3.8, 4) is 11.8 Å². The van der Waals surface area contributed by atoms with E-state index in [-0.39, 0.29) is 17.0 Å². The topological polar surface area (TPSA) is 78.6 Å². The molecule has 0 radical (unpaired) electrons. The summed E-state index contributed by atoms with van der Waals surface area (Å²) < 4.78 is 7.38. The van der Waals surface area contributed by atoms with Crippen LogP contribution < -0.4 is 15.2 Å². The Bertz CT molecular complexity index is 1290. The van der Waals surface area contributed by atoms with Crippen molar-refractivity contribution in [2.75, 3.05) is 31.6 Å². The first-order valence-corrected chi connectivity index (χ1v) is 12.9. The number of methoxy groups -OCH3 is 1. The van der Waals surface area contributed by atoms with E-state index in [9.17, 15) is 14.9 Å². The van der Waals surface area contributed by atoms with Crippen molar-refractivity contribution in [3.05, 3.63) is 61.8 Å². The van der Waals surface area contributed by atoms with Gasteiger partial charge in [-0.3, -0.25) is 19.1 Å². The van der Waals surface area contributed by atoms with Gasteiger partial charge in [0, 0.05) is 31.7 Å². The standard InChI is InChI=1S/C26H28N4O3S2/c1-4-29-23(28-12-5-6-13-28)20(17(2)21(16-27)24(29)31)15-22-25(32)30(26(34)35-22)14-11-18-7-9-19(33-3)10-8-18/h7-10,15H,4-6,11-14H2,1-3H3/b22-15+. The van der Waals surface area contributed by atoms with Crippen LogP contribution >= 0.6 is 24.0 Å². The van der Waals surface area contributed by atoms with Crippen molar-refractivity contribution in [2.45, 2.75) is 39.7 Å². The molecule has 0 spiro atoms. The minimum absolute atomic E-state index is 0.121. The molecule has 0 N–H and O–H groups in total. The van der Waals surface area contributed by atoms with Crippen LogP contribution in [0.25, 0.3) is 6.08 Å². The van der Waals surface area contributed by atoms with Crippen molar-refractivity contribution in [1.29, 1.82) is 5.26 Å². The van der Waals surface area contributed by atoms with Crippen molar-refractivity contribution in [3.63, 3.8) is 0 Å². The maximum atomic E-state index is 13.3. The van der Waals surface area contributed by atoms with E-state index in [1.54, 1.807) is 23.5 Å². The lowest BCUT2D eigenvalue weighted by Crippen LogP contribution is -2.33. The van der Waals surface area contributed by atoms with Gasteiger partial charge in [0.25, 0.3) is 11.5 Å². The Morgan fingerprint density at radius 2 is 1.89 bits per heavy atom. The molecule has 4 rings (SSSR count). The molecule has 7 nitrogen and oxygen atoms in total. The Kier molecular flexibility index (Phi) is 7.63. The SMILES string of the molecule is CCn1c(N2CCCC2)c(/C=C2/SC(=S)N(CCc3ccc(OC)cc3)C2=O)c(C)c(C#N)c1=O. The molecule has 2 fully saturated rings. The number of rotatable bonds is 7. The summed E-state index contributed by atoms with van der Waals surface area (Å²) in [6.07, 6.45) is 4.58. The fourth-order valence-electron chi connectivity index (χ4n) is 4.56. The average Bonchev–Trinajstić information content (AvgIpc) is 3.48. The number of hydrogen-bond acceptors (Lipinski definition) is 7. The number of anilines is 1. The molecule has 182 valence electrons. The van der Waals surface area contributed by atoms with Gasteiger partial charge in [0.15, 0.2) is 0 Å². The minimum Gasteiger partial charge on any atom is -0.497 e. The molecule has 0 saturated carbocycles. The summed E-state index contributed by atoms with van der Waals surface area (Å²) in [4.78, 5) is 30.7. The van der Waals surface area contributed by atoms with Crippen LogP contribution in [0.1, 0.15) is 42.0 Å². The average molecular weight is 509 g/mol. The molecule has 0 bridgehead atoms. The van der Waals surface area contributed by atoms with E-state index >= 15 is 0 Å². The van der Waals surface area contributed by atoms with Crippen LogP contribution in [0.2, 0.25) is 0 Å². The van der Waals surface area contributed by atoms with Gasteiger partial charge < -0.3 is 9.64 Å². The third kappa shape index (κ3) is 4.86. The largest absolute Gasteiger partial charge is 0.497 e. The number of benzene rings is 1. The van der Waals surface area contributed by atoms with Gasteiger partial charge in [0.1, 0.15) is 27.5 Å². The van der Waals surface area contributed by atoms with E-state index in [0.29, 0.717) is 34.3 Å². The molecule has 1 aromatic carbocycles. The van der Waals surface area contributed by atoms with Gasteiger partial charge in [-0.15, -0.1) is 0 Å². The third-order valence-corrected chi connectivity index (χ3v) is 7.88. The fourth-order valence-corrected chi connectivity index (χ4v) is 5.85. The van der Waals surface area contributed by atoms with E-state index in [1.807, 2.05) is 37.3 Å². The Morgan fingerprint density at radius 1 is 1.20 bits per heavy atom. The molecule has 35 heavy (non-hydrogen) atoms. The summed E-state index contributed by atoms with van der Waals surface area (Å²) in [6.45, 7) is 6.30. The lowest BCUT2D eigenvalue weighted by molar-refractivity contribution is -0.122. The highest BCUT2D eigenvalue weighted by molar-refractivity contribution is 8.26. The summed E-state index contributed by atoms with van der Waals surface area (Å²) in [5.41, 5.74) is 2.28. The zero-order chi connectivity index (χ0) is 25.1. The predicted octanol–water partition coefficient (Wildman–Crippen LogP) is 4.10. The summed E-state index contributed by atoms with van der Waals surface area (Å²) in [5, 5.41) is 9.70. The van der Waals surface area contributed by atoms with E-state index < -0.39 is 0 Å². The number of carbonyl (C=O) groups is 1. The maximum Gasteiger partial charge on any atom is 0.270 e. The van der Waals surface area contributed by atoms with Crippen LogP contribution in [0, 0.1) is 18.3 Å². The molecule has 2 aromatic rings. The summed E-state index contributed by atoms with van der Waals surface area (Å²) in [5.74, 6) is 1.43. The molecule has 3 heterocycles. The van der Waals surface area contributed by atoms with Gasteiger partial charge in [0.2, 0.25) is 0 Å². The molecule has 1 aromatic heterocycles. The zero-order valence-corrected chi connectivity index (χ0v) is 21.8. The molecule has 0 aliphatic carbocycles. The first-order valence-electron chi connectivity index (χ1n) is 11.7. The number of aromatic nitrogens is 1. The monoisotopic (exact) mass is 508 g/mol. The van der Waals surface area contributed by atoms with Gasteiger partial charge in [-0.05, 0) is 62.4 Å². The lowest BCUT2D eigenvalue weighted by atomic mass is 10.0. The maximum absolute atomic E-state index is 13.3. The van der Waals surface area contributed by atoms with Crippen molar-refractivity contribution >= 4 is 46.1 Å². The first kappa shape index (κ1) is 25.0. The van der Waals surface area contributed by atoms with Gasteiger partial charge in [-0.2, -0.15) is 5.26 Å². The molecule has 2 aliphatic heterocycles. The van der Waals surface area contributed by atoms with Crippen LogP contribution in [0.3, 0.4) is 0 Å². The third-order valence-electron chi connectivity index (χ3n) is 6.50. The van der Waals surface area contributed by atoms with Crippen LogP contribution in [0.15, 0.2) is 34.0 Å². The van der Waals surface area contributed by atoms with Crippen LogP contribution in [0.4, 0.5) is 5.82 Å². The molecule has 0 unspecified atom stereocenters. The number of nitriles is 1. The molecule has 2 saturated heterocycles. The van der Waals surface area contributed by atoms with Crippen LogP contribution in [-0.4, -0.2) is 46.4 Å². The second kappa shape index (κ2) is 10.7. The molecule has 2 aliphatic rings. The van der Waals surface area contributed by atoms with Crippen molar-refractivity contribution in [1.82, 2.24) is 9.47 Å². The molecular weight excluding hydrogens is 480 g/mol. The summed E-state index contributed by atoms with van der Waals surface area (Å²) >= 11 is 6.82. The van der Waals surface area contributed by atoms with Gasteiger partial charge in [-0.25, -0.2) is 0 Å². The van der Waals surface area contributed by atoms with Gasteiger partial charge >= 0.3 is 0 Å². The number of thioether (sulfide) groups is 1. The van der Waals surface area contributed by atoms with E-state index in [1.165, 1.54) is 11.8 Å². The highest BCUT2D eigenvalue weighted by atomic mass is 32.2. The highest BCUT2D eigenvalue weighted by Crippen LogP contribution is 2.36. The smallest absolute Gasteiger partial charge is 0.270 e. The molecule has 9 heteroatoms. The molecule has 0 atom stereocenters. The first-order chi connectivity index (χ1) is 16.9. The summed E-state index contributed by atoms with van der Waals surface area (Å²) in [6, 6.07) is 9.84. The second-order valence-corrected chi connectivity index (χ2v) is 10.2. The lowest BCUT2D eigenvalue weighted by Gasteiger charge is -2.26. The number of thiocarbonyl (C=S) groups is 1. The number of nitrogens with zero attached hydrogens (tertiary/aromatic N) is 4. The number of pyridine rings is 1. The predicted molar refractivity (Wildman–Crippen MR) is 144 cm³/mol. The molecule has 1 amide bonds. The molecular formula is C26H28N4O3S2. The Hall–Kier alpha value is -3.09. The summed E-state index contributed by atoms with van der Waals surface area (Å²) in [7, 11) is 1.63. The van der Waals surface area contributed by atoms with E-state index in [2.05, 4.69) is 11.0 Å². The second-order valence-electron chi connectivity index (χ2n) is 8.52. The van der Waals surface area contributed by atoms with Gasteiger partial charge in [0.05, 0.1) is 12.0 Å². The minimum atomic E-state index is -0.279. The number of ether oxygens (including phenoxy) is 1. The quantitative estimate of drug-likeness (QED) is 0.412. The van der Waals surface area contributed by atoms with E-state index in [4.69, 9.17) is 17.0 Å². The normalized spacial score (nSPS) is 16.9.